The number of esters is 1. The summed E-state index contributed by atoms with van der Waals surface area (Å²) in [6.07, 6.45) is 2.09. The minimum Gasteiger partial charge on any atom is -0.507 e. The molecule has 0 bridgehead atoms. The van der Waals surface area contributed by atoms with Crippen LogP contribution in [0.25, 0.3) is 5.76 Å². The van der Waals surface area contributed by atoms with E-state index in [4.69, 9.17) is 4.74 Å². The van der Waals surface area contributed by atoms with Gasteiger partial charge in [-0.25, -0.2) is 14.8 Å². The third-order valence-corrected chi connectivity index (χ3v) is 5.55. The fourth-order valence-corrected chi connectivity index (χ4v) is 3.89. The lowest BCUT2D eigenvalue weighted by Gasteiger charge is -2.26. The van der Waals surface area contributed by atoms with E-state index in [0.717, 1.165) is 6.54 Å². The van der Waals surface area contributed by atoms with Crippen molar-refractivity contribution in [1.82, 2.24) is 19.8 Å². The van der Waals surface area contributed by atoms with Gasteiger partial charge < -0.3 is 19.6 Å². The lowest BCUT2D eigenvalue weighted by Crippen LogP contribution is -2.32. The van der Waals surface area contributed by atoms with Crippen molar-refractivity contribution < 1.29 is 24.2 Å². The Hall–Kier alpha value is -3.59. The second-order valence-corrected chi connectivity index (χ2v) is 8.18. The predicted molar refractivity (Wildman–Crippen MR) is 121 cm³/mol. The van der Waals surface area contributed by atoms with Crippen LogP contribution in [0.15, 0.2) is 36.0 Å². The molecule has 0 saturated carbocycles. The number of likely N-dealkylation sites (tertiary alicyclic amines) is 1. The van der Waals surface area contributed by atoms with Gasteiger partial charge in [0.05, 0.1) is 35.5 Å². The Bertz CT molecular complexity index is 1110. The number of ketones is 1. The van der Waals surface area contributed by atoms with Crippen LogP contribution < -0.4 is 0 Å². The van der Waals surface area contributed by atoms with E-state index in [9.17, 15) is 19.5 Å². The summed E-state index contributed by atoms with van der Waals surface area (Å²) in [6, 6.07) is 5.66. The average Bonchev–Trinajstić information content (AvgIpc) is 3.03. The van der Waals surface area contributed by atoms with Gasteiger partial charge in [-0.2, -0.15) is 0 Å². The van der Waals surface area contributed by atoms with E-state index >= 15 is 0 Å². The molecule has 9 heteroatoms. The van der Waals surface area contributed by atoms with Gasteiger partial charge in [-0.3, -0.25) is 9.59 Å². The van der Waals surface area contributed by atoms with Gasteiger partial charge in [0, 0.05) is 12.7 Å². The van der Waals surface area contributed by atoms with E-state index < -0.39 is 23.7 Å². The van der Waals surface area contributed by atoms with E-state index in [1.54, 1.807) is 38.1 Å². The van der Waals surface area contributed by atoms with Crippen molar-refractivity contribution in [3.05, 3.63) is 64.2 Å². The summed E-state index contributed by atoms with van der Waals surface area (Å²) in [6.45, 7) is 4.48. The monoisotopic (exact) mass is 452 g/mol. The van der Waals surface area contributed by atoms with Gasteiger partial charge in [-0.1, -0.05) is 12.1 Å². The molecular formula is C24H28N4O5. The SMILES string of the molecule is COC(=O)c1ccc([C@H]2C(=C(O)c3cnc(C)nc3C)C(=O)C(=O)N2CCCN(C)C)cc1. The molecule has 1 saturated heterocycles. The first kappa shape index (κ1) is 24.1. The molecular weight excluding hydrogens is 424 g/mol. The molecule has 1 aromatic heterocycles. The van der Waals surface area contributed by atoms with Gasteiger partial charge >= 0.3 is 5.97 Å². The number of nitrogens with zero attached hydrogens (tertiary/aromatic N) is 4. The van der Waals surface area contributed by atoms with Gasteiger partial charge in [-0.05, 0) is 58.6 Å². The lowest BCUT2D eigenvalue weighted by molar-refractivity contribution is -0.139. The van der Waals surface area contributed by atoms with Gasteiger partial charge in [0.2, 0.25) is 0 Å². The molecule has 33 heavy (non-hydrogen) atoms. The van der Waals surface area contributed by atoms with Crippen LogP contribution in [0.5, 0.6) is 0 Å². The number of rotatable bonds is 7. The number of benzene rings is 1. The zero-order valence-electron chi connectivity index (χ0n) is 19.5. The molecule has 3 rings (SSSR count). The molecule has 0 unspecified atom stereocenters. The number of hydrogen-bond donors (Lipinski definition) is 1. The molecule has 1 N–H and O–H groups in total. The minimum atomic E-state index is -0.806. The molecule has 1 aliphatic heterocycles. The second kappa shape index (κ2) is 9.91. The molecule has 1 amide bonds. The first-order valence-corrected chi connectivity index (χ1v) is 10.6. The molecule has 2 heterocycles. The van der Waals surface area contributed by atoms with E-state index in [0.29, 0.717) is 41.2 Å². The minimum absolute atomic E-state index is 0.0220. The van der Waals surface area contributed by atoms with Crippen molar-refractivity contribution in [3.8, 4) is 0 Å². The summed E-state index contributed by atoms with van der Waals surface area (Å²) in [4.78, 5) is 49.7. The predicted octanol–water partition coefficient (Wildman–Crippen LogP) is 2.25. The van der Waals surface area contributed by atoms with Gasteiger partial charge in [0.1, 0.15) is 11.6 Å². The molecule has 1 aromatic carbocycles. The molecule has 0 radical (unpaired) electrons. The van der Waals surface area contributed by atoms with Gasteiger partial charge in [0.25, 0.3) is 11.7 Å². The smallest absolute Gasteiger partial charge is 0.337 e. The molecule has 9 nitrogen and oxygen atoms in total. The lowest BCUT2D eigenvalue weighted by atomic mass is 9.94. The maximum atomic E-state index is 13.1. The van der Waals surface area contributed by atoms with Crippen molar-refractivity contribution >= 4 is 23.4 Å². The third-order valence-electron chi connectivity index (χ3n) is 5.55. The van der Waals surface area contributed by atoms with Crippen LogP contribution in [0.1, 0.15) is 45.5 Å². The van der Waals surface area contributed by atoms with Crippen molar-refractivity contribution in [3.63, 3.8) is 0 Å². The Morgan fingerprint density at radius 3 is 2.42 bits per heavy atom. The molecule has 2 aromatic rings. The molecule has 1 atom stereocenters. The summed E-state index contributed by atoms with van der Waals surface area (Å²) in [5.74, 6) is -1.72. The van der Waals surface area contributed by atoms with E-state index in [1.807, 2.05) is 19.0 Å². The number of amides is 1. The molecule has 1 fully saturated rings. The largest absolute Gasteiger partial charge is 0.507 e. The highest BCUT2D eigenvalue weighted by Gasteiger charge is 2.46. The summed E-state index contributed by atoms with van der Waals surface area (Å²) in [7, 11) is 5.15. The van der Waals surface area contributed by atoms with Crippen LogP contribution >= 0.6 is 0 Å². The van der Waals surface area contributed by atoms with Crippen molar-refractivity contribution in [2.45, 2.75) is 26.3 Å². The first-order chi connectivity index (χ1) is 15.6. The van der Waals surface area contributed by atoms with Crippen molar-refractivity contribution in [2.75, 3.05) is 34.3 Å². The molecule has 1 aliphatic rings. The van der Waals surface area contributed by atoms with Crippen LogP contribution in [-0.4, -0.2) is 76.8 Å². The average molecular weight is 453 g/mol. The Morgan fingerprint density at radius 1 is 1.18 bits per heavy atom. The normalized spacial score (nSPS) is 17.6. The number of aryl methyl sites for hydroxylation is 2. The highest BCUT2D eigenvalue weighted by Crippen LogP contribution is 2.39. The molecule has 0 aliphatic carbocycles. The Balaban J connectivity index is 2.12. The van der Waals surface area contributed by atoms with Crippen LogP contribution in [0, 0.1) is 13.8 Å². The second-order valence-electron chi connectivity index (χ2n) is 8.18. The number of hydrogen-bond acceptors (Lipinski definition) is 8. The third kappa shape index (κ3) is 4.93. The fourth-order valence-electron chi connectivity index (χ4n) is 3.89. The number of aromatic nitrogens is 2. The number of carbonyl (C=O) groups excluding carboxylic acids is 3. The van der Waals surface area contributed by atoms with Crippen LogP contribution in [-0.2, 0) is 14.3 Å². The summed E-state index contributed by atoms with van der Waals surface area (Å²) in [5, 5.41) is 11.1. The number of ether oxygens (including phenoxy) is 1. The Labute approximate surface area is 192 Å². The van der Waals surface area contributed by atoms with Crippen LogP contribution in [0.4, 0.5) is 0 Å². The highest BCUT2D eigenvalue weighted by atomic mass is 16.5. The van der Waals surface area contributed by atoms with Crippen LogP contribution in [0.3, 0.4) is 0 Å². The molecule has 174 valence electrons. The zero-order valence-corrected chi connectivity index (χ0v) is 19.5. The standard InChI is InChI=1S/C24H28N4O5/c1-14-18(13-25-15(2)26-14)21(29)19-20(16-7-9-17(10-8-16)24(32)33-5)28(23(31)22(19)30)12-6-11-27(3)4/h7-10,13,20,29H,6,11-12H2,1-5H3/t20-/m0/s1. The number of carbonyl (C=O) groups is 3. The number of Topliss-reactive ketones (excluding diaryl/α,β-unsaturated/α-hetero) is 1. The van der Waals surface area contributed by atoms with Crippen molar-refractivity contribution in [1.29, 1.82) is 0 Å². The van der Waals surface area contributed by atoms with E-state index in [1.165, 1.54) is 18.2 Å². The maximum Gasteiger partial charge on any atom is 0.337 e. The quantitative estimate of drug-likeness (QED) is 0.295. The Kier molecular flexibility index (Phi) is 7.23. The summed E-state index contributed by atoms with van der Waals surface area (Å²) in [5.41, 5.74) is 1.71. The topological polar surface area (TPSA) is 113 Å². The number of aliphatic hydroxyl groups is 1. The van der Waals surface area contributed by atoms with E-state index in [2.05, 4.69) is 9.97 Å². The highest BCUT2D eigenvalue weighted by molar-refractivity contribution is 6.46. The fraction of sp³-hybridized carbons (Fsp3) is 0.375. The summed E-state index contributed by atoms with van der Waals surface area (Å²) < 4.78 is 4.75. The van der Waals surface area contributed by atoms with Crippen LogP contribution in [0.2, 0.25) is 0 Å². The van der Waals surface area contributed by atoms with E-state index in [-0.39, 0.29) is 11.3 Å². The Morgan fingerprint density at radius 2 is 1.85 bits per heavy atom. The van der Waals surface area contributed by atoms with Gasteiger partial charge in [0.15, 0.2) is 0 Å². The molecule has 0 spiro atoms. The first-order valence-electron chi connectivity index (χ1n) is 10.6. The van der Waals surface area contributed by atoms with Crippen molar-refractivity contribution in [2.24, 2.45) is 0 Å². The van der Waals surface area contributed by atoms with Gasteiger partial charge in [-0.15, -0.1) is 0 Å². The number of aliphatic hydroxyl groups excluding tert-OH is 1. The maximum absolute atomic E-state index is 13.1. The summed E-state index contributed by atoms with van der Waals surface area (Å²) >= 11 is 0. The number of methoxy groups -OCH3 is 1. The zero-order chi connectivity index (χ0) is 24.3.